The number of hydrogen-bond donors (Lipinski definition) is 3. The van der Waals surface area contributed by atoms with Gasteiger partial charge in [0.25, 0.3) is 0 Å². The number of carbonyl (C=O) groups excluding carboxylic acids is 12. The van der Waals surface area contributed by atoms with Crippen LogP contribution in [0.15, 0.2) is 0 Å². The molecule has 3 N–H and O–H groups in total. The fourth-order valence-electron chi connectivity index (χ4n) is 17.4. The highest BCUT2D eigenvalue weighted by Gasteiger charge is 2.54. The molecule has 0 aromatic heterocycles. The Hall–Kier alpha value is -6.69. The first kappa shape index (κ1) is 83.9. The van der Waals surface area contributed by atoms with E-state index in [1.807, 2.05) is 0 Å². The molecule has 4 aliphatic carbocycles. The number of fused-ring (bicyclic) bond motifs is 3. The van der Waals surface area contributed by atoms with E-state index < -0.39 is 180 Å². The molecule has 0 radical (unpaired) electrons. The highest BCUT2D eigenvalue weighted by Crippen LogP contribution is 2.43. The van der Waals surface area contributed by atoms with Gasteiger partial charge in [-0.25, -0.2) is 0 Å². The molecule has 4 aliphatic heterocycles. The molecule has 8 aliphatic rings. The number of likely N-dealkylation sites (N-methyl/N-ethyl adjacent to an activating group) is 6. The van der Waals surface area contributed by atoms with Crippen molar-refractivity contribution in [2.75, 3.05) is 115 Å². The molecule has 8 fully saturated rings. The first-order valence-electron chi connectivity index (χ1n) is 39.0. The molecular weight excluding hydrogens is 1370 g/mol. The quantitative estimate of drug-likeness (QED) is 0.229. The summed E-state index contributed by atoms with van der Waals surface area (Å²) in [5, 5.41) is 8.87. The van der Waals surface area contributed by atoms with Crippen LogP contribution in [0.3, 0.4) is 0 Å². The van der Waals surface area contributed by atoms with E-state index in [1.165, 1.54) is 78.8 Å². The van der Waals surface area contributed by atoms with Crippen LogP contribution in [0.4, 0.5) is 13.2 Å². The minimum Gasteiger partial charge on any atom is -0.382 e. The summed E-state index contributed by atoms with van der Waals surface area (Å²) in [5.74, 6) is -10.1. The van der Waals surface area contributed by atoms with Gasteiger partial charge in [-0.3, -0.25) is 57.5 Å². The molecule has 0 aromatic carbocycles. The average Bonchev–Trinajstić information content (AvgIpc) is 1.68. The predicted octanol–water partition coefficient (Wildman–Crippen LogP) is 4.51. The number of rotatable bonds is 13. The normalized spacial score (nSPS) is 31.7. The first-order valence-corrected chi connectivity index (χ1v) is 39.0. The summed E-state index contributed by atoms with van der Waals surface area (Å²) in [6.07, 6.45) is 4.10. The van der Waals surface area contributed by atoms with Crippen LogP contribution in [0.2, 0.25) is 0 Å². The van der Waals surface area contributed by atoms with Gasteiger partial charge in [0.05, 0.1) is 51.4 Å². The number of hydrogen-bond acceptors (Lipinski definition) is 15. The van der Waals surface area contributed by atoms with Gasteiger partial charge in [0.15, 0.2) is 0 Å². The first-order chi connectivity index (χ1) is 49.8. The van der Waals surface area contributed by atoms with Gasteiger partial charge < -0.3 is 74.3 Å². The summed E-state index contributed by atoms with van der Waals surface area (Å²) >= 11 is 0. The van der Waals surface area contributed by atoms with E-state index in [1.54, 1.807) is 20.8 Å². The summed E-state index contributed by atoms with van der Waals surface area (Å²) in [6, 6.07) is -10.3. The summed E-state index contributed by atoms with van der Waals surface area (Å²) in [4.78, 5) is 194. The molecule has 0 unspecified atom stereocenters. The maximum atomic E-state index is 15.7. The lowest BCUT2D eigenvalue weighted by atomic mass is 9.74. The van der Waals surface area contributed by atoms with Crippen molar-refractivity contribution in [2.45, 2.75) is 254 Å². The molecule has 4 heterocycles. The largest absolute Gasteiger partial charge is 0.391 e. The lowest BCUT2D eigenvalue weighted by molar-refractivity contribution is -0.184. The van der Waals surface area contributed by atoms with Gasteiger partial charge in [0.1, 0.15) is 53.9 Å². The molecule has 2 bridgehead atoms. The number of nitrogens with one attached hydrogen (secondary N) is 3. The van der Waals surface area contributed by atoms with Crippen LogP contribution >= 0.6 is 0 Å². The second-order valence-corrected chi connectivity index (χ2v) is 31.7. The van der Waals surface area contributed by atoms with Crippen LogP contribution in [0, 0.1) is 35.5 Å². The number of morpholine rings is 1. The van der Waals surface area contributed by atoms with Crippen molar-refractivity contribution in [1.29, 1.82) is 0 Å². The van der Waals surface area contributed by atoms with Crippen LogP contribution in [-0.4, -0.2) is 296 Å². The Morgan fingerprint density at radius 2 is 1.27 bits per heavy atom. The third kappa shape index (κ3) is 20.8. The van der Waals surface area contributed by atoms with Crippen LogP contribution in [-0.2, 0) is 71.7 Å². The number of halogens is 3. The fraction of sp³-hybridized carbons (Fsp3) is 0.840. The lowest BCUT2D eigenvalue weighted by Crippen LogP contribution is -2.68. The molecule has 105 heavy (non-hydrogen) atoms. The van der Waals surface area contributed by atoms with Gasteiger partial charge in [0.2, 0.25) is 70.9 Å². The van der Waals surface area contributed by atoms with Crippen LogP contribution < -0.4 is 16.0 Å². The zero-order valence-corrected chi connectivity index (χ0v) is 64.2. The van der Waals surface area contributed by atoms with Crippen molar-refractivity contribution in [3.05, 3.63) is 0 Å². The number of amides is 12. The Morgan fingerprint density at radius 1 is 0.629 bits per heavy atom. The zero-order chi connectivity index (χ0) is 76.8. The third-order valence-electron chi connectivity index (χ3n) is 24.6. The topological polar surface area (TPSA) is 298 Å². The predicted molar refractivity (Wildman–Crippen MR) is 381 cm³/mol. The molecule has 10 atom stereocenters. The van der Waals surface area contributed by atoms with E-state index in [9.17, 15) is 32.3 Å². The van der Waals surface area contributed by atoms with Gasteiger partial charge in [0, 0.05) is 88.6 Å². The molecule has 1 spiro atoms. The van der Waals surface area contributed by atoms with Crippen molar-refractivity contribution in [1.82, 2.24) is 60.0 Å². The second-order valence-electron chi connectivity index (χ2n) is 31.7. The lowest BCUT2D eigenvalue weighted by Gasteiger charge is -2.47. The zero-order valence-electron chi connectivity index (χ0n) is 64.2. The number of ether oxygens (including phenoxy) is 3. The average molecular weight is 1490 g/mol. The van der Waals surface area contributed by atoms with Crippen molar-refractivity contribution < 1.29 is 84.9 Å². The van der Waals surface area contributed by atoms with E-state index in [4.69, 9.17) is 14.2 Å². The van der Waals surface area contributed by atoms with Crippen LogP contribution in [0.25, 0.3) is 0 Å². The van der Waals surface area contributed by atoms with Crippen molar-refractivity contribution in [3.8, 4) is 0 Å². The Balaban J connectivity index is 1.19. The van der Waals surface area contributed by atoms with E-state index in [0.717, 1.165) is 53.2 Å². The summed E-state index contributed by atoms with van der Waals surface area (Å²) < 4.78 is 59.7. The van der Waals surface area contributed by atoms with Gasteiger partial charge in [-0.1, -0.05) is 78.6 Å². The van der Waals surface area contributed by atoms with Crippen LogP contribution in [0.1, 0.15) is 188 Å². The van der Waals surface area contributed by atoms with Crippen molar-refractivity contribution in [2.24, 2.45) is 35.5 Å². The SMILES string of the molecule is CCO[C@@H]1C[C@H]2C(=O)NC3(CCC3)C(=O)N(C)[C@@H](C3CCCC3)C(=O)N(C)[C@H](C(=O)N3CCOCC3)CC(=O)N(C)[C@@H](COC)C(=O)N[C@@H]([C@@H](C)CC)C(=O)N(C)CC(=O)N(C)[C@H]3CCCCCN(C3=O)[C@@H](CC3CCC(C(F)(F)F)CC3)C(=O)N(C)CC(=O)N[C@@H](CCC3CCC(C)CC3)C(=O)N2C1. The number of nitrogens with zero attached hydrogens (tertiary/aromatic N) is 9. The van der Waals surface area contributed by atoms with Crippen molar-refractivity contribution in [3.63, 3.8) is 0 Å². The highest BCUT2D eigenvalue weighted by atomic mass is 19.4. The van der Waals surface area contributed by atoms with E-state index in [0.29, 0.717) is 57.3 Å². The molecular formula is C75H121F3N12O15. The molecule has 30 heteroatoms. The van der Waals surface area contributed by atoms with E-state index in [-0.39, 0.29) is 123 Å². The highest BCUT2D eigenvalue weighted by molar-refractivity contribution is 6.01. The molecule has 592 valence electrons. The van der Waals surface area contributed by atoms with E-state index >= 15 is 38.4 Å². The van der Waals surface area contributed by atoms with Gasteiger partial charge in [-0.05, 0) is 126 Å². The van der Waals surface area contributed by atoms with Crippen LogP contribution in [0.5, 0.6) is 0 Å². The molecule has 4 saturated carbocycles. The minimum atomic E-state index is -4.43. The minimum absolute atomic E-state index is 0.0336. The maximum absolute atomic E-state index is 15.7. The Kier molecular flexibility index (Phi) is 30.3. The molecule has 12 amide bonds. The Bertz CT molecular complexity index is 3040. The number of carbonyl (C=O) groups is 12. The second kappa shape index (κ2) is 37.9. The summed E-state index contributed by atoms with van der Waals surface area (Å²) in [5.41, 5.74) is -1.54. The monoisotopic (exact) mass is 1490 g/mol. The van der Waals surface area contributed by atoms with Crippen molar-refractivity contribution >= 4 is 70.9 Å². The maximum Gasteiger partial charge on any atom is 0.391 e. The van der Waals surface area contributed by atoms with Gasteiger partial charge in [-0.15, -0.1) is 0 Å². The smallest absolute Gasteiger partial charge is 0.382 e. The van der Waals surface area contributed by atoms with Gasteiger partial charge in [-0.2, -0.15) is 13.2 Å². The Morgan fingerprint density at radius 3 is 1.88 bits per heavy atom. The number of alkyl halides is 3. The standard InChI is InChI=1S/C75H121F3N12O15/c1-12-48(4)63-71(100)83(6)45-62(93)84(7)55-22-15-14-18-35-89(70(55)99)58(40-50-27-30-52(31-28-50)75(76,77)78)68(97)82(5)44-60(91)79-54(32-29-49-25-23-47(3)24-26-49)67(96)90-43-53(105-13-2)41-56(90)66(95)81-74(33-19-34-74)73(102)87(10)64(51-20-16-17-21-51)72(101)86(9)57(69(98)88-36-38-104-39-37-88)42-61(92)85(8)59(46-103-11)65(94)80-63/h47-59,63-64H,12-46H2,1-11H3,(H,79,91)(H,80,94)(H,81,95)/t47?,48-,49?,50?,52?,53+,54-,55-,56-,57-,58-,59-,63-,64-/m0/s1. The van der Waals surface area contributed by atoms with E-state index in [2.05, 4.69) is 22.9 Å². The third-order valence-corrected chi connectivity index (χ3v) is 24.6. The number of methoxy groups -OCH3 is 1. The Labute approximate surface area is 618 Å². The molecule has 8 rings (SSSR count). The fourth-order valence-corrected chi connectivity index (χ4v) is 17.4. The molecule has 4 saturated heterocycles. The summed E-state index contributed by atoms with van der Waals surface area (Å²) in [7, 11) is 9.78. The molecule has 0 aromatic rings. The molecule has 27 nitrogen and oxygen atoms in total. The summed E-state index contributed by atoms with van der Waals surface area (Å²) in [6.45, 7) is 6.84. The van der Waals surface area contributed by atoms with Gasteiger partial charge >= 0.3 is 6.18 Å².